The highest BCUT2D eigenvalue weighted by atomic mass is 16.5. The van der Waals surface area contributed by atoms with E-state index in [1.165, 1.54) is 12.8 Å². The number of rotatable bonds is 5. The molecule has 0 aromatic rings. The molecule has 3 heteroatoms. The van der Waals surface area contributed by atoms with Crippen molar-refractivity contribution in [2.24, 2.45) is 23.0 Å². The molecule has 1 rings (SSSR count). The van der Waals surface area contributed by atoms with Gasteiger partial charge >= 0.3 is 0 Å². The standard InChI is InChI=1S/C15H31NO2/c1-11(2)13-6-8-15(10-16,9-7-13)14(4,17)12(3)18-5/h11-13,17H,6-10,16H2,1-5H3. The predicted molar refractivity (Wildman–Crippen MR) is 75.4 cm³/mol. The van der Waals surface area contributed by atoms with Crippen LogP contribution < -0.4 is 5.73 Å². The first kappa shape index (κ1) is 15.9. The van der Waals surface area contributed by atoms with E-state index in [1.54, 1.807) is 7.11 Å². The number of aliphatic hydroxyl groups is 1. The van der Waals surface area contributed by atoms with Crippen molar-refractivity contribution < 1.29 is 9.84 Å². The highest BCUT2D eigenvalue weighted by Gasteiger charge is 2.51. The van der Waals surface area contributed by atoms with Crippen LogP contribution in [0.4, 0.5) is 0 Å². The van der Waals surface area contributed by atoms with Gasteiger partial charge in [0.05, 0.1) is 11.7 Å². The molecule has 18 heavy (non-hydrogen) atoms. The second kappa shape index (κ2) is 5.89. The summed E-state index contributed by atoms with van der Waals surface area (Å²) >= 11 is 0. The summed E-state index contributed by atoms with van der Waals surface area (Å²) in [7, 11) is 1.66. The molecule has 0 radical (unpaired) electrons. The Bertz CT molecular complexity index is 255. The lowest BCUT2D eigenvalue weighted by Crippen LogP contribution is -2.58. The molecular weight excluding hydrogens is 226 g/mol. The molecular formula is C15H31NO2. The second-order valence-corrected chi connectivity index (χ2v) is 6.59. The quantitative estimate of drug-likeness (QED) is 0.796. The summed E-state index contributed by atoms with van der Waals surface area (Å²) in [6, 6.07) is 0. The molecule has 2 atom stereocenters. The molecule has 3 N–H and O–H groups in total. The van der Waals surface area contributed by atoms with Crippen molar-refractivity contribution in [2.75, 3.05) is 13.7 Å². The van der Waals surface area contributed by atoms with Gasteiger partial charge in [0, 0.05) is 19.1 Å². The van der Waals surface area contributed by atoms with E-state index < -0.39 is 5.60 Å². The molecule has 0 heterocycles. The summed E-state index contributed by atoms with van der Waals surface area (Å²) in [5, 5.41) is 10.9. The van der Waals surface area contributed by atoms with Crippen LogP contribution in [-0.2, 0) is 4.74 Å². The van der Waals surface area contributed by atoms with Crippen LogP contribution in [0.15, 0.2) is 0 Å². The molecule has 0 bridgehead atoms. The van der Waals surface area contributed by atoms with E-state index in [0.29, 0.717) is 6.54 Å². The summed E-state index contributed by atoms with van der Waals surface area (Å²) in [5.74, 6) is 1.50. The Balaban J connectivity index is 2.83. The molecule has 0 amide bonds. The smallest absolute Gasteiger partial charge is 0.0945 e. The summed E-state index contributed by atoms with van der Waals surface area (Å²) in [4.78, 5) is 0. The van der Waals surface area contributed by atoms with Gasteiger partial charge in [-0.2, -0.15) is 0 Å². The first-order valence-corrected chi connectivity index (χ1v) is 7.26. The van der Waals surface area contributed by atoms with Gasteiger partial charge in [0.1, 0.15) is 0 Å². The zero-order valence-corrected chi connectivity index (χ0v) is 12.7. The lowest BCUT2D eigenvalue weighted by atomic mass is 9.59. The van der Waals surface area contributed by atoms with Crippen LogP contribution >= 0.6 is 0 Å². The van der Waals surface area contributed by atoms with Crippen LogP contribution in [0.2, 0.25) is 0 Å². The van der Waals surface area contributed by atoms with Crippen LogP contribution in [0.5, 0.6) is 0 Å². The number of ether oxygens (including phenoxy) is 1. The van der Waals surface area contributed by atoms with Crippen molar-refractivity contribution in [3.05, 3.63) is 0 Å². The normalized spacial score (nSPS) is 34.3. The van der Waals surface area contributed by atoms with E-state index in [2.05, 4.69) is 13.8 Å². The second-order valence-electron chi connectivity index (χ2n) is 6.59. The first-order chi connectivity index (χ1) is 8.30. The van der Waals surface area contributed by atoms with Crippen molar-refractivity contribution in [1.82, 2.24) is 0 Å². The minimum absolute atomic E-state index is 0.184. The molecule has 1 aliphatic carbocycles. The topological polar surface area (TPSA) is 55.5 Å². The number of hydrogen-bond donors (Lipinski definition) is 2. The molecule has 0 aromatic heterocycles. The lowest BCUT2D eigenvalue weighted by molar-refractivity contribution is -0.165. The lowest BCUT2D eigenvalue weighted by Gasteiger charge is -2.51. The van der Waals surface area contributed by atoms with Gasteiger partial charge in [-0.15, -0.1) is 0 Å². The zero-order valence-electron chi connectivity index (χ0n) is 12.7. The largest absolute Gasteiger partial charge is 0.387 e. The SMILES string of the molecule is COC(C)C(C)(O)C1(CN)CCC(C(C)C)CC1. The summed E-state index contributed by atoms with van der Waals surface area (Å²) in [6.45, 7) is 8.94. The highest BCUT2D eigenvalue weighted by molar-refractivity contribution is 5.02. The number of hydrogen-bond acceptors (Lipinski definition) is 3. The van der Waals surface area contributed by atoms with Gasteiger partial charge in [-0.3, -0.25) is 0 Å². The van der Waals surface area contributed by atoms with Crippen molar-refractivity contribution >= 4 is 0 Å². The van der Waals surface area contributed by atoms with Gasteiger partial charge in [0.25, 0.3) is 0 Å². The van der Waals surface area contributed by atoms with Gasteiger partial charge in [0.2, 0.25) is 0 Å². The van der Waals surface area contributed by atoms with Crippen molar-refractivity contribution in [3.63, 3.8) is 0 Å². The predicted octanol–water partition coefficient (Wildman–Crippen LogP) is 2.56. The van der Waals surface area contributed by atoms with Crippen molar-refractivity contribution in [1.29, 1.82) is 0 Å². The third-order valence-corrected chi connectivity index (χ3v) is 5.54. The minimum atomic E-state index is -0.849. The van der Waals surface area contributed by atoms with E-state index in [0.717, 1.165) is 24.7 Å². The maximum Gasteiger partial charge on any atom is 0.0945 e. The Kier molecular flexibility index (Phi) is 5.22. The van der Waals surface area contributed by atoms with Crippen LogP contribution in [-0.4, -0.2) is 30.5 Å². The molecule has 1 saturated carbocycles. The van der Waals surface area contributed by atoms with Crippen molar-refractivity contribution in [2.45, 2.75) is 65.1 Å². The molecule has 1 fully saturated rings. The average molecular weight is 257 g/mol. The molecule has 0 aliphatic heterocycles. The van der Waals surface area contributed by atoms with E-state index in [4.69, 9.17) is 10.5 Å². The fraction of sp³-hybridized carbons (Fsp3) is 1.00. The van der Waals surface area contributed by atoms with Gasteiger partial charge in [-0.25, -0.2) is 0 Å². The highest BCUT2D eigenvalue weighted by Crippen LogP contribution is 2.48. The van der Waals surface area contributed by atoms with Crippen LogP contribution in [0.1, 0.15) is 53.4 Å². The molecule has 0 saturated heterocycles. The molecule has 1 aliphatic rings. The van der Waals surface area contributed by atoms with Crippen LogP contribution in [0, 0.1) is 17.3 Å². The molecule has 2 unspecified atom stereocenters. The fourth-order valence-corrected chi connectivity index (χ4v) is 3.44. The summed E-state index contributed by atoms with van der Waals surface area (Å²) in [5.41, 5.74) is 4.99. The van der Waals surface area contributed by atoms with E-state index in [-0.39, 0.29) is 11.5 Å². The molecule has 108 valence electrons. The van der Waals surface area contributed by atoms with Crippen LogP contribution in [0.3, 0.4) is 0 Å². The molecule has 0 spiro atoms. The van der Waals surface area contributed by atoms with E-state index in [1.807, 2.05) is 13.8 Å². The first-order valence-electron chi connectivity index (χ1n) is 7.26. The van der Waals surface area contributed by atoms with Gasteiger partial charge in [-0.1, -0.05) is 13.8 Å². The maximum atomic E-state index is 10.9. The summed E-state index contributed by atoms with van der Waals surface area (Å²) in [6.07, 6.45) is 4.17. The van der Waals surface area contributed by atoms with Crippen LogP contribution in [0.25, 0.3) is 0 Å². The van der Waals surface area contributed by atoms with Gasteiger partial charge < -0.3 is 15.6 Å². The Morgan fingerprint density at radius 3 is 2.17 bits per heavy atom. The Labute approximate surface area is 112 Å². The number of nitrogens with two attached hydrogens (primary N) is 1. The summed E-state index contributed by atoms with van der Waals surface area (Å²) < 4.78 is 5.36. The molecule has 3 nitrogen and oxygen atoms in total. The Morgan fingerprint density at radius 1 is 1.33 bits per heavy atom. The third-order valence-electron chi connectivity index (χ3n) is 5.54. The van der Waals surface area contributed by atoms with Gasteiger partial charge in [-0.05, 0) is 51.4 Å². The minimum Gasteiger partial charge on any atom is -0.387 e. The Hall–Kier alpha value is -0.120. The Morgan fingerprint density at radius 2 is 1.83 bits per heavy atom. The fourth-order valence-electron chi connectivity index (χ4n) is 3.44. The average Bonchev–Trinajstić information content (AvgIpc) is 2.37. The van der Waals surface area contributed by atoms with E-state index >= 15 is 0 Å². The van der Waals surface area contributed by atoms with Gasteiger partial charge in [0.15, 0.2) is 0 Å². The molecule has 0 aromatic carbocycles. The zero-order chi connectivity index (χ0) is 14.0. The monoisotopic (exact) mass is 257 g/mol. The third kappa shape index (κ3) is 2.73. The maximum absolute atomic E-state index is 10.9. The number of methoxy groups -OCH3 is 1. The van der Waals surface area contributed by atoms with Crippen molar-refractivity contribution in [3.8, 4) is 0 Å². The van der Waals surface area contributed by atoms with E-state index in [9.17, 15) is 5.11 Å².